The summed E-state index contributed by atoms with van der Waals surface area (Å²) in [6.45, 7) is 13.0. The second-order valence-corrected chi connectivity index (χ2v) is 14.4. The van der Waals surface area contributed by atoms with Crippen LogP contribution in [0.25, 0.3) is 0 Å². The topological polar surface area (TPSA) is 66.4 Å². The molecular weight excluding hydrogens is 388 g/mol. The molecule has 29 heavy (non-hydrogen) atoms. The van der Waals surface area contributed by atoms with E-state index in [1.807, 2.05) is 19.1 Å². The highest BCUT2D eigenvalue weighted by molar-refractivity contribution is 6.74. The van der Waals surface area contributed by atoms with Crippen LogP contribution in [0.2, 0.25) is 18.1 Å². The first-order chi connectivity index (χ1) is 13.3. The smallest absolute Gasteiger partial charge is 0.213 e. The summed E-state index contributed by atoms with van der Waals surface area (Å²) in [5.74, 6) is -2.06. The molecule has 7 heteroatoms. The van der Waals surface area contributed by atoms with Crippen LogP contribution in [0.15, 0.2) is 23.3 Å². The van der Waals surface area contributed by atoms with E-state index < -0.39 is 26.0 Å². The van der Waals surface area contributed by atoms with E-state index in [2.05, 4.69) is 33.9 Å². The van der Waals surface area contributed by atoms with Crippen molar-refractivity contribution in [2.45, 2.75) is 82.5 Å². The van der Waals surface area contributed by atoms with Crippen LogP contribution in [-0.2, 0) is 23.4 Å². The normalized spacial score (nSPS) is 27.7. The first-order valence-corrected chi connectivity index (χ1v) is 13.2. The van der Waals surface area contributed by atoms with E-state index >= 15 is 0 Å². The SMILES string of the molecule is COC1(OC)C=CC(OC)(OC)C2=C1C[C@H](C(C)O)C[C@H]2O[Si](C)(C)C(C)(C)C. The Kier molecular flexibility index (Phi) is 7.28. The molecule has 3 atom stereocenters. The molecule has 2 rings (SSSR count). The number of ether oxygens (including phenoxy) is 4. The molecule has 0 heterocycles. The molecule has 0 saturated heterocycles. The summed E-state index contributed by atoms with van der Waals surface area (Å²) in [5.41, 5.74) is 1.81. The molecule has 0 spiro atoms. The van der Waals surface area contributed by atoms with E-state index in [1.165, 1.54) is 0 Å². The van der Waals surface area contributed by atoms with Gasteiger partial charge in [-0.05, 0) is 56.0 Å². The zero-order chi connectivity index (χ0) is 22.3. The summed E-state index contributed by atoms with van der Waals surface area (Å²) >= 11 is 0. The fraction of sp³-hybridized carbons (Fsp3) is 0.818. The van der Waals surface area contributed by atoms with E-state index in [-0.39, 0.29) is 17.1 Å². The lowest BCUT2D eigenvalue weighted by Gasteiger charge is -2.51. The lowest BCUT2D eigenvalue weighted by Crippen LogP contribution is -2.55. The van der Waals surface area contributed by atoms with Gasteiger partial charge in [0.1, 0.15) is 0 Å². The van der Waals surface area contributed by atoms with E-state index in [4.69, 9.17) is 23.4 Å². The van der Waals surface area contributed by atoms with Crippen molar-refractivity contribution in [3.8, 4) is 0 Å². The number of methoxy groups -OCH3 is 4. The summed E-state index contributed by atoms with van der Waals surface area (Å²) in [7, 11) is 4.40. The molecule has 0 fully saturated rings. The zero-order valence-corrected chi connectivity index (χ0v) is 20.8. The van der Waals surface area contributed by atoms with Gasteiger partial charge < -0.3 is 28.5 Å². The molecule has 0 bridgehead atoms. The lowest BCUT2D eigenvalue weighted by atomic mass is 9.71. The Morgan fingerprint density at radius 1 is 1.00 bits per heavy atom. The molecule has 6 nitrogen and oxygen atoms in total. The summed E-state index contributed by atoms with van der Waals surface area (Å²) in [6.07, 6.45) is 4.25. The molecule has 0 aromatic heterocycles. The van der Waals surface area contributed by atoms with Gasteiger partial charge in [-0.3, -0.25) is 0 Å². The van der Waals surface area contributed by atoms with Crippen molar-refractivity contribution in [3.05, 3.63) is 23.3 Å². The highest BCUT2D eigenvalue weighted by Gasteiger charge is 2.54. The van der Waals surface area contributed by atoms with Crippen molar-refractivity contribution in [3.63, 3.8) is 0 Å². The average molecular weight is 429 g/mol. The Labute approximate surface area is 177 Å². The van der Waals surface area contributed by atoms with Gasteiger partial charge in [-0.15, -0.1) is 0 Å². The number of rotatable bonds is 7. The van der Waals surface area contributed by atoms with Gasteiger partial charge in [0.05, 0.1) is 12.2 Å². The second kappa shape index (κ2) is 8.53. The van der Waals surface area contributed by atoms with E-state index in [1.54, 1.807) is 28.4 Å². The van der Waals surface area contributed by atoms with Crippen molar-refractivity contribution < 1.29 is 28.5 Å². The molecule has 0 aromatic rings. The third-order valence-corrected chi connectivity index (χ3v) is 11.6. The highest BCUT2D eigenvalue weighted by atomic mass is 28.4. The monoisotopic (exact) mass is 428 g/mol. The molecule has 2 aliphatic carbocycles. The van der Waals surface area contributed by atoms with Crippen LogP contribution in [0.1, 0.15) is 40.5 Å². The molecular formula is C22H40O6Si. The van der Waals surface area contributed by atoms with Crippen molar-refractivity contribution >= 4 is 8.32 Å². The predicted molar refractivity (Wildman–Crippen MR) is 116 cm³/mol. The third-order valence-electron chi connectivity index (χ3n) is 7.09. The molecule has 0 saturated carbocycles. The van der Waals surface area contributed by atoms with E-state index in [0.717, 1.165) is 11.1 Å². The largest absolute Gasteiger partial charge is 0.410 e. The number of hydrogen-bond acceptors (Lipinski definition) is 6. The Morgan fingerprint density at radius 3 is 1.90 bits per heavy atom. The maximum absolute atomic E-state index is 10.5. The number of hydrogen-bond donors (Lipinski definition) is 1. The fourth-order valence-corrected chi connectivity index (χ4v) is 5.41. The minimum Gasteiger partial charge on any atom is -0.410 e. The van der Waals surface area contributed by atoms with Crippen LogP contribution in [0.5, 0.6) is 0 Å². The summed E-state index contributed by atoms with van der Waals surface area (Å²) in [4.78, 5) is 0. The van der Waals surface area contributed by atoms with Crippen LogP contribution in [0, 0.1) is 5.92 Å². The molecule has 1 N–H and O–H groups in total. The first-order valence-electron chi connectivity index (χ1n) is 10.3. The standard InChI is InChI=1S/C22H40O6Si/c1-15(23)16-13-17-19(18(14-16)28-29(9,10)20(2,3)4)22(26-7,27-8)12-11-21(17,24-5)25-6/h11-12,15-16,18,23H,13-14H2,1-10H3/t15?,16-,18+/m0/s1. The maximum Gasteiger partial charge on any atom is 0.213 e. The minimum atomic E-state index is -2.12. The van der Waals surface area contributed by atoms with Gasteiger partial charge >= 0.3 is 0 Å². The van der Waals surface area contributed by atoms with E-state index in [0.29, 0.717) is 12.8 Å². The Bertz CT molecular complexity index is 638. The minimum absolute atomic E-state index is 0.0195. The Balaban J connectivity index is 2.70. The molecule has 0 radical (unpaired) electrons. The van der Waals surface area contributed by atoms with Crippen molar-refractivity contribution in [1.82, 2.24) is 0 Å². The van der Waals surface area contributed by atoms with Gasteiger partial charge in [0, 0.05) is 39.6 Å². The molecule has 1 unspecified atom stereocenters. The second-order valence-electron chi connectivity index (χ2n) is 9.68. The van der Waals surface area contributed by atoms with Crippen LogP contribution < -0.4 is 0 Å². The molecule has 0 aliphatic heterocycles. The molecule has 0 amide bonds. The fourth-order valence-electron chi connectivity index (χ4n) is 4.13. The third kappa shape index (κ3) is 4.28. The summed E-state index contributed by atoms with van der Waals surface area (Å²) < 4.78 is 30.4. The van der Waals surface area contributed by atoms with Crippen LogP contribution in [0.4, 0.5) is 0 Å². The predicted octanol–water partition coefficient (Wildman–Crippen LogP) is 4.01. The average Bonchev–Trinajstić information content (AvgIpc) is 2.65. The van der Waals surface area contributed by atoms with Crippen molar-refractivity contribution in [2.24, 2.45) is 5.92 Å². The van der Waals surface area contributed by atoms with Crippen LogP contribution >= 0.6 is 0 Å². The molecule has 168 valence electrons. The lowest BCUT2D eigenvalue weighted by molar-refractivity contribution is -0.184. The summed E-state index contributed by atoms with van der Waals surface area (Å²) in [5, 5.41) is 10.5. The van der Waals surface area contributed by atoms with Gasteiger partial charge in [0.25, 0.3) is 0 Å². The zero-order valence-electron chi connectivity index (χ0n) is 19.8. The van der Waals surface area contributed by atoms with Gasteiger partial charge in [-0.2, -0.15) is 0 Å². The Morgan fingerprint density at radius 2 is 1.48 bits per heavy atom. The van der Waals surface area contributed by atoms with Gasteiger partial charge in [0.2, 0.25) is 11.6 Å². The summed E-state index contributed by atoms with van der Waals surface area (Å²) in [6, 6.07) is 0. The maximum atomic E-state index is 10.5. The van der Waals surface area contributed by atoms with Gasteiger partial charge in [-0.1, -0.05) is 20.8 Å². The van der Waals surface area contributed by atoms with Crippen LogP contribution in [-0.4, -0.2) is 65.6 Å². The first kappa shape index (κ1) is 24.7. The van der Waals surface area contributed by atoms with Gasteiger partial charge in [0.15, 0.2) is 8.32 Å². The Hall–Kier alpha value is -0.543. The molecule has 0 aromatic carbocycles. The molecule has 2 aliphatic rings. The quantitative estimate of drug-likeness (QED) is 0.375. The van der Waals surface area contributed by atoms with Crippen LogP contribution in [0.3, 0.4) is 0 Å². The van der Waals surface area contributed by atoms with Gasteiger partial charge in [-0.25, -0.2) is 0 Å². The number of aliphatic hydroxyl groups excluding tert-OH is 1. The van der Waals surface area contributed by atoms with Crippen molar-refractivity contribution in [1.29, 1.82) is 0 Å². The van der Waals surface area contributed by atoms with Crippen molar-refractivity contribution in [2.75, 3.05) is 28.4 Å². The highest BCUT2D eigenvalue weighted by Crippen LogP contribution is 2.51. The number of aliphatic hydroxyl groups is 1. The van der Waals surface area contributed by atoms with E-state index in [9.17, 15) is 5.11 Å².